The van der Waals surface area contributed by atoms with E-state index in [-0.39, 0.29) is 18.4 Å². The van der Waals surface area contributed by atoms with Crippen LogP contribution < -0.4 is 15.0 Å². The third kappa shape index (κ3) is 2.63. The van der Waals surface area contributed by atoms with E-state index in [0.717, 1.165) is 0 Å². The van der Waals surface area contributed by atoms with Gasteiger partial charge < -0.3 is 15.0 Å². The number of rotatable bonds is 2. The number of ether oxygens (including phenoxy) is 1. The minimum atomic E-state index is -0.400. The summed E-state index contributed by atoms with van der Waals surface area (Å²) < 4.78 is 18.2. The summed E-state index contributed by atoms with van der Waals surface area (Å²) in [5.74, 6) is -0.329. The zero-order valence-corrected chi connectivity index (χ0v) is 11.8. The second kappa shape index (κ2) is 5.48. The molecule has 112 valence electrons. The predicted octanol–water partition coefficient (Wildman–Crippen LogP) is 2.43. The second-order valence-corrected chi connectivity index (χ2v) is 4.88. The summed E-state index contributed by atoms with van der Waals surface area (Å²) in [6.07, 6.45) is 0. The number of nitrogens with zero attached hydrogens (tertiary/aromatic N) is 1. The van der Waals surface area contributed by atoms with Crippen LogP contribution in [0.15, 0.2) is 42.5 Å². The molecule has 0 fully saturated rings. The van der Waals surface area contributed by atoms with Crippen LogP contribution in [-0.4, -0.2) is 25.5 Å². The zero-order valence-electron chi connectivity index (χ0n) is 11.8. The zero-order chi connectivity index (χ0) is 15.7. The molecule has 0 saturated carbocycles. The summed E-state index contributed by atoms with van der Waals surface area (Å²) >= 11 is 0. The van der Waals surface area contributed by atoms with Gasteiger partial charge in [-0.2, -0.15) is 0 Å². The van der Waals surface area contributed by atoms with Crippen molar-refractivity contribution in [3.8, 4) is 5.75 Å². The Kier molecular flexibility index (Phi) is 3.50. The minimum absolute atomic E-state index is 0.00475. The van der Waals surface area contributed by atoms with Gasteiger partial charge in [0.25, 0.3) is 11.8 Å². The summed E-state index contributed by atoms with van der Waals surface area (Å²) in [7, 11) is 1.65. The van der Waals surface area contributed by atoms with Crippen molar-refractivity contribution in [3.63, 3.8) is 0 Å². The molecule has 1 N–H and O–H groups in total. The molecule has 0 saturated heterocycles. The number of halogens is 1. The standard InChI is InChI=1S/C16H13FN2O3/c1-19-13-8-12(6-7-14(13)22-9-15(19)20)18-16(21)10-2-4-11(17)5-3-10/h2-8H,9H2,1H3,(H,18,21). The molecule has 5 nitrogen and oxygen atoms in total. The highest BCUT2D eigenvalue weighted by Crippen LogP contribution is 2.33. The molecule has 3 rings (SSSR count). The average Bonchev–Trinajstić information content (AvgIpc) is 2.52. The third-order valence-corrected chi connectivity index (χ3v) is 3.41. The van der Waals surface area contributed by atoms with E-state index in [1.165, 1.54) is 29.2 Å². The van der Waals surface area contributed by atoms with Crippen LogP contribution in [0.2, 0.25) is 0 Å². The smallest absolute Gasteiger partial charge is 0.264 e. The maximum absolute atomic E-state index is 12.9. The molecule has 1 heterocycles. The van der Waals surface area contributed by atoms with Crippen molar-refractivity contribution in [2.75, 3.05) is 23.9 Å². The SMILES string of the molecule is CN1C(=O)COc2ccc(NC(=O)c3ccc(F)cc3)cc21. The maximum atomic E-state index is 12.9. The topological polar surface area (TPSA) is 58.6 Å². The van der Waals surface area contributed by atoms with E-state index in [2.05, 4.69) is 5.32 Å². The van der Waals surface area contributed by atoms with Gasteiger partial charge in [0, 0.05) is 18.3 Å². The number of carbonyl (C=O) groups excluding carboxylic acids is 2. The van der Waals surface area contributed by atoms with Gasteiger partial charge in [0.2, 0.25) is 0 Å². The quantitative estimate of drug-likeness (QED) is 0.926. The molecule has 0 unspecified atom stereocenters. The van der Waals surface area contributed by atoms with Crippen molar-refractivity contribution >= 4 is 23.2 Å². The van der Waals surface area contributed by atoms with E-state index in [1.807, 2.05) is 0 Å². The van der Waals surface area contributed by atoms with Crippen LogP contribution in [0, 0.1) is 5.82 Å². The van der Waals surface area contributed by atoms with Gasteiger partial charge >= 0.3 is 0 Å². The Morgan fingerprint density at radius 2 is 1.95 bits per heavy atom. The number of hydrogen-bond donors (Lipinski definition) is 1. The molecular formula is C16H13FN2O3. The van der Waals surface area contributed by atoms with Crippen LogP contribution in [-0.2, 0) is 4.79 Å². The number of nitrogens with one attached hydrogen (secondary N) is 1. The fraction of sp³-hybridized carbons (Fsp3) is 0.125. The Morgan fingerprint density at radius 3 is 2.68 bits per heavy atom. The molecule has 0 aromatic heterocycles. The van der Waals surface area contributed by atoms with Gasteiger partial charge in [-0.05, 0) is 42.5 Å². The van der Waals surface area contributed by atoms with Crippen molar-refractivity contribution < 1.29 is 18.7 Å². The third-order valence-electron chi connectivity index (χ3n) is 3.41. The minimum Gasteiger partial charge on any atom is -0.482 e. The summed E-state index contributed by atoms with van der Waals surface area (Å²) in [6, 6.07) is 10.3. The molecule has 0 aliphatic carbocycles. The maximum Gasteiger partial charge on any atom is 0.264 e. The first-order valence-corrected chi connectivity index (χ1v) is 6.65. The molecule has 0 bridgehead atoms. The molecule has 22 heavy (non-hydrogen) atoms. The van der Waals surface area contributed by atoms with E-state index in [9.17, 15) is 14.0 Å². The molecule has 0 spiro atoms. The van der Waals surface area contributed by atoms with Gasteiger partial charge in [0.1, 0.15) is 11.6 Å². The van der Waals surface area contributed by atoms with E-state index < -0.39 is 5.82 Å². The largest absolute Gasteiger partial charge is 0.482 e. The van der Waals surface area contributed by atoms with Crippen LogP contribution in [0.4, 0.5) is 15.8 Å². The summed E-state index contributed by atoms with van der Waals surface area (Å²) in [5, 5.41) is 2.71. The van der Waals surface area contributed by atoms with Crippen molar-refractivity contribution in [2.24, 2.45) is 0 Å². The highest BCUT2D eigenvalue weighted by atomic mass is 19.1. The number of carbonyl (C=O) groups is 2. The number of fused-ring (bicyclic) bond motifs is 1. The van der Waals surface area contributed by atoms with Gasteiger partial charge in [-0.25, -0.2) is 4.39 Å². The Balaban J connectivity index is 1.83. The number of likely N-dealkylation sites (N-methyl/N-ethyl adjacent to an activating group) is 1. The highest BCUT2D eigenvalue weighted by molar-refractivity contribution is 6.05. The lowest BCUT2D eigenvalue weighted by atomic mass is 10.2. The second-order valence-electron chi connectivity index (χ2n) is 4.88. The number of anilines is 2. The Morgan fingerprint density at radius 1 is 1.23 bits per heavy atom. The van der Waals surface area contributed by atoms with Crippen LogP contribution in [0.3, 0.4) is 0 Å². The molecule has 0 radical (unpaired) electrons. The molecule has 1 aliphatic rings. The lowest BCUT2D eigenvalue weighted by molar-refractivity contribution is -0.120. The number of benzene rings is 2. The lowest BCUT2D eigenvalue weighted by Gasteiger charge is -2.26. The first kappa shape index (κ1) is 14.1. The monoisotopic (exact) mass is 300 g/mol. The van der Waals surface area contributed by atoms with Crippen molar-refractivity contribution in [2.45, 2.75) is 0 Å². The summed E-state index contributed by atoms with van der Waals surface area (Å²) in [5.41, 5.74) is 1.46. The van der Waals surface area contributed by atoms with E-state index in [0.29, 0.717) is 22.7 Å². The molecule has 6 heteroatoms. The number of amides is 2. The molecule has 0 atom stereocenters. The van der Waals surface area contributed by atoms with Crippen LogP contribution >= 0.6 is 0 Å². The molecular weight excluding hydrogens is 287 g/mol. The fourth-order valence-electron chi connectivity index (χ4n) is 2.15. The summed E-state index contributed by atoms with van der Waals surface area (Å²) in [4.78, 5) is 25.2. The lowest BCUT2D eigenvalue weighted by Crippen LogP contribution is -2.35. The number of hydrogen-bond acceptors (Lipinski definition) is 3. The van der Waals surface area contributed by atoms with E-state index in [4.69, 9.17) is 4.74 Å². The van der Waals surface area contributed by atoms with Gasteiger partial charge in [-0.1, -0.05) is 0 Å². The molecule has 2 aromatic rings. The van der Waals surface area contributed by atoms with E-state index in [1.54, 1.807) is 25.2 Å². The van der Waals surface area contributed by atoms with Crippen molar-refractivity contribution in [3.05, 3.63) is 53.8 Å². The summed E-state index contributed by atoms with van der Waals surface area (Å²) in [6.45, 7) is 0.00475. The Bertz CT molecular complexity index is 744. The molecule has 2 amide bonds. The Labute approximate surface area is 126 Å². The molecule has 2 aromatic carbocycles. The first-order valence-electron chi connectivity index (χ1n) is 6.65. The van der Waals surface area contributed by atoms with Crippen molar-refractivity contribution in [1.29, 1.82) is 0 Å². The highest BCUT2D eigenvalue weighted by Gasteiger charge is 2.22. The predicted molar refractivity (Wildman–Crippen MR) is 79.7 cm³/mol. The van der Waals surface area contributed by atoms with Gasteiger partial charge in [0.05, 0.1) is 5.69 Å². The first-order chi connectivity index (χ1) is 10.5. The van der Waals surface area contributed by atoms with Crippen LogP contribution in [0.25, 0.3) is 0 Å². The van der Waals surface area contributed by atoms with Gasteiger partial charge in [-0.15, -0.1) is 0 Å². The van der Waals surface area contributed by atoms with Gasteiger partial charge in [0.15, 0.2) is 6.61 Å². The Hall–Kier alpha value is -2.89. The normalized spacial score (nSPS) is 13.4. The fourth-order valence-corrected chi connectivity index (χ4v) is 2.15. The van der Waals surface area contributed by atoms with Crippen molar-refractivity contribution in [1.82, 2.24) is 0 Å². The average molecular weight is 300 g/mol. The van der Waals surface area contributed by atoms with Gasteiger partial charge in [-0.3, -0.25) is 9.59 Å². The van der Waals surface area contributed by atoms with E-state index >= 15 is 0 Å². The van der Waals surface area contributed by atoms with Crippen LogP contribution in [0.1, 0.15) is 10.4 Å². The molecule has 1 aliphatic heterocycles. The van der Waals surface area contributed by atoms with Crippen LogP contribution in [0.5, 0.6) is 5.75 Å².